The molecule has 0 radical (unpaired) electrons. The molecule has 1 aliphatic heterocycles. The second-order valence-electron chi connectivity index (χ2n) is 4.76. The molecule has 3 heteroatoms. The predicted molar refractivity (Wildman–Crippen MR) is 62.2 cm³/mol. The Hall–Kier alpha value is -1.38. The number of benzene rings is 1. The summed E-state index contributed by atoms with van der Waals surface area (Å²) in [6, 6.07) is 3.23. The summed E-state index contributed by atoms with van der Waals surface area (Å²) in [5.74, 6) is -0.159. The molecule has 2 rings (SSSR count). The van der Waals surface area contributed by atoms with E-state index in [-0.39, 0.29) is 11.6 Å². The van der Waals surface area contributed by atoms with Gasteiger partial charge < -0.3 is 5.32 Å². The minimum atomic E-state index is -0.666. The molecule has 0 atom stereocenters. The van der Waals surface area contributed by atoms with Crippen LogP contribution >= 0.6 is 0 Å². The molecule has 16 heavy (non-hydrogen) atoms. The Morgan fingerprint density at radius 2 is 2.12 bits per heavy atom. The molecule has 1 heterocycles. The Labute approximate surface area is 94.9 Å². The van der Waals surface area contributed by atoms with Gasteiger partial charge in [0.1, 0.15) is 5.82 Å². The Bertz CT molecular complexity index is 451. The van der Waals surface area contributed by atoms with Gasteiger partial charge in [0, 0.05) is 6.42 Å². The zero-order valence-electron chi connectivity index (χ0n) is 9.86. The summed E-state index contributed by atoms with van der Waals surface area (Å²) in [5, 5.41) is 3.00. The van der Waals surface area contributed by atoms with E-state index < -0.39 is 5.54 Å². The molecule has 0 aliphatic carbocycles. The first-order chi connectivity index (χ1) is 7.45. The highest BCUT2D eigenvalue weighted by Crippen LogP contribution is 2.33. The summed E-state index contributed by atoms with van der Waals surface area (Å²) in [7, 11) is 0. The van der Waals surface area contributed by atoms with Gasteiger partial charge in [-0.1, -0.05) is 13.0 Å². The van der Waals surface area contributed by atoms with Crippen molar-refractivity contribution in [2.75, 3.05) is 5.32 Å². The van der Waals surface area contributed by atoms with Crippen LogP contribution in [0.25, 0.3) is 0 Å². The normalized spacial score (nSPS) is 17.9. The van der Waals surface area contributed by atoms with Crippen LogP contribution < -0.4 is 5.32 Å². The molecule has 0 saturated carbocycles. The van der Waals surface area contributed by atoms with Gasteiger partial charge in [-0.25, -0.2) is 4.39 Å². The van der Waals surface area contributed by atoms with Crippen LogP contribution in [0, 0.1) is 5.82 Å². The van der Waals surface area contributed by atoms with E-state index in [1.165, 1.54) is 6.07 Å². The maximum absolute atomic E-state index is 13.7. The number of carbonyl (C=O) groups is 1. The van der Waals surface area contributed by atoms with E-state index in [0.717, 1.165) is 17.5 Å². The molecule has 0 fully saturated rings. The molecule has 0 saturated heterocycles. The van der Waals surface area contributed by atoms with Crippen LogP contribution in [0.3, 0.4) is 0 Å². The van der Waals surface area contributed by atoms with Crippen molar-refractivity contribution in [1.82, 2.24) is 0 Å². The topological polar surface area (TPSA) is 29.1 Å². The van der Waals surface area contributed by atoms with E-state index in [1.807, 2.05) is 6.92 Å². The molecule has 0 aromatic heterocycles. The van der Waals surface area contributed by atoms with Gasteiger partial charge in [0.2, 0.25) is 0 Å². The van der Waals surface area contributed by atoms with Gasteiger partial charge in [0.15, 0.2) is 5.78 Å². The molecule has 86 valence electrons. The third-order valence-corrected chi connectivity index (χ3v) is 3.21. The molecule has 2 nitrogen and oxygen atoms in total. The van der Waals surface area contributed by atoms with Crippen molar-refractivity contribution < 1.29 is 9.18 Å². The number of hydrogen-bond acceptors (Lipinski definition) is 2. The fourth-order valence-corrected chi connectivity index (χ4v) is 2.09. The van der Waals surface area contributed by atoms with Crippen molar-refractivity contribution in [1.29, 1.82) is 0 Å². The molecule has 1 aliphatic rings. The molecule has 1 aromatic carbocycles. The molecule has 0 bridgehead atoms. The fourth-order valence-electron chi connectivity index (χ4n) is 2.09. The second kappa shape index (κ2) is 3.58. The van der Waals surface area contributed by atoms with Gasteiger partial charge in [0.05, 0.1) is 11.2 Å². The van der Waals surface area contributed by atoms with E-state index >= 15 is 0 Å². The van der Waals surface area contributed by atoms with Gasteiger partial charge in [-0.3, -0.25) is 4.79 Å². The molecule has 0 spiro atoms. The summed E-state index contributed by atoms with van der Waals surface area (Å²) in [6.45, 7) is 5.59. The van der Waals surface area contributed by atoms with E-state index in [4.69, 9.17) is 0 Å². The van der Waals surface area contributed by atoms with Crippen molar-refractivity contribution in [3.63, 3.8) is 0 Å². The minimum absolute atomic E-state index is 0.111. The highest BCUT2D eigenvalue weighted by molar-refractivity contribution is 5.96. The van der Waals surface area contributed by atoms with Gasteiger partial charge >= 0.3 is 0 Å². The first kappa shape index (κ1) is 11.1. The first-order valence-electron chi connectivity index (χ1n) is 5.57. The zero-order chi connectivity index (χ0) is 11.9. The molecular weight excluding hydrogens is 205 g/mol. The number of aryl methyl sites for hydroxylation is 1. The van der Waals surface area contributed by atoms with Crippen molar-refractivity contribution in [3.05, 3.63) is 29.1 Å². The average Bonchev–Trinajstić information content (AvgIpc) is 2.22. The summed E-state index contributed by atoms with van der Waals surface area (Å²) in [4.78, 5) is 11.9. The lowest BCUT2D eigenvalue weighted by atomic mass is 9.85. The molecule has 0 unspecified atom stereocenters. The standard InChI is InChI=1S/C13H16FNO/c1-4-8-5-6-10(14)12-9(8)7-11(16)13(2,3)15-12/h5-6,15H,4,7H2,1-3H3. The number of halogens is 1. The highest BCUT2D eigenvalue weighted by Gasteiger charge is 2.34. The Balaban J connectivity index is 2.57. The Morgan fingerprint density at radius 3 is 2.75 bits per heavy atom. The summed E-state index contributed by atoms with van der Waals surface area (Å²) in [6.07, 6.45) is 1.15. The Morgan fingerprint density at radius 1 is 1.44 bits per heavy atom. The van der Waals surface area contributed by atoms with E-state index in [2.05, 4.69) is 5.32 Å². The lowest BCUT2D eigenvalue weighted by molar-refractivity contribution is -0.122. The summed E-state index contributed by atoms with van der Waals surface area (Å²) in [5.41, 5.74) is 1.71. The van der Waals surface area contributed by atoms with Gasteiger partial charge in [-0.2, -0.15) is 0 Å². The predicted octanol–water partition coefficient (Wildman–Crippen LogP) is 2.70. The number of anilines is 1. The van der Waals surface area contributed by atoms with Crippen LogP contribution in [-0.4, -0.2) is 11.3 Å². The van der Waals surface area contributed by atoms with Crippen LogP contribution in [0.2, 0.25) is 0 Å². The van der Waals surface area contributed by atoms with Crippen LogP contribution in [0.5, 0.6) is 0 Å². The second-order valence-corrected chi connectivity index (χ2v) is 4.76. The van der Waals surface area contributed by atoms with Crippen LogP contribution in [0.4, 0.5) is 10.1 Å². The van der Waals surface area contributed by atoms with E-state index in [1.54, 1.807) is 19.9 Å². The quantitative estimate of drug-likeness (QED) is 0.790. The van der Waals surface area contributed by atoms with Gasteiger partial charge in [-0.15, -0.1) is 0 Å². The zero-order valence-corrected chi connectivity index (χ0v) is 9.86. The number of hydrogen-bond donors (Lipinski definition) is 1. The number of carbonyl (C=O) groups excluding carboxylic acids is 1. The van der Waals surface area contributed by atoms with Crippen LogP contribution in [0.15, 0.2) is 12.1 Å². The molecule has 1 N–H and O–H groups in total. The van der Waals surface area contributed by atoms with Crippen molar-refractivity contribution in [3.8, 4) is 0 Å². The largest absolute Gasteiger partial charge is 0.371 e. The fraction of sp³-hybridized carbons (Fsp3) is 0.462. The molecule has 0 amide bonds. The van der Waals surface area contributed by atoms with E-state index in [0.29, 0.717) is 12.1 Å². The lowest BCUT2D eigenvalue weighted by Crippen LogP contribution is -2.45. The minimum Gasteiger partial charge on any atom is -0.371 e. The molecule has 1 aromatic rings. The average molecular weight is 221 g/mol. The SMILES string of the molecule is CCc1ccc(F)c2c1CC(=O)C(C)(C)N2. The maximum atomic E-state index is 13.7. The highest BCUT2D eigenvalue weighted by atomic mass is 19.1. The number of nitrogens with one attached hydrogen (secondary N) is 1. The van der Waals surface area contributed by atoms with Gasteiger partial charge in [-0.05, 0) is 37.5 Å². The van der Waals surface area contributed by atoms with Crippen molar-refractivity contribution in [2.24, 2.45) is 0 Å². The van der Waals surface area contributed by atoms with Crippen molar-refractivity contribution >= 4 is 11.5 Å². The Kier molecular flexibility index (Phi) is 2.49. The maximum Gasteiger partial charge on any atom is 0.162 e. The summed E-state index contributed by atoms with van der Waals surface area (Å²) < 4.78 is 13.7. The number of ketones is 1. The summed E-state index contributed by atoms with van der Waals surface area (Å²) >= 11 is 0. The molecular formula is C13H16FNO. The third-order valence-electron chi connectivity index (χ3n) is 3.21. The van der Waals surface area contributed by atoms with Crippen LogP contribution in [-0.2, 0) is 17.6 Å². The first-order valence-corrected chi connectivity index (χ1v) is 5.57. The van der Waals surface area contributed by atoms with E-state index in [9.17, 15) is 9.18 Å². The monoisotopic (exact) mass is 221 g/mol. The third kappa shape index (κ3) is 1.60. The van der Waals surface area contributed by atoms with Crippen molar-refractivity contribution in [2.45, 2.75) is 39.2 Å². The number of fused-ring (bicyclic) bond motifs is 1. The lowest BCUT2D eigenvalue weighted by Gasteiger charge is -2.33. The van der Waals surface area contributed by atoms with Crippen LogP contribution in [0.1, 0.15) is 31.9 Å². The number of Topliss-reactive ketones (excluding diaryl/α,β-unsaturated/α-hetero) is 1. The van der Waals surface area contributed by atoms with Gasteiger partial charge in [0.25, 0.3) is 0 Å². The number of rotatable bonds is 1. The smallest absolute Gasteiger partial charge is 0.162 e.